The minimum Gasteiger partial charge on any atom is -0.454 e. The average molecular weight is 793 g/mol. The smallest absolute Gasteiger partial charge is 0.159 e. The Kier molecular flexibility index (Phi) is 8.57. The lowest BCUT2D eigenvalue weighted by atomic mass is 9.94. The molecule has 0 saturated heterocycles. The maximum Gasteiger partial charge on any atom is 0.159 e. The van der Waals surface area contributed by atoms with Gasteiger partial charge in [0.2, 0.25) is 0 Å². The van der Waals surface area contributed by atoms with Gasteiger partial charge < -0.3 is 13.9 Å². The van der Waals surface area contributed by atoms with Crippen molar-refractivity contribution in [3.05, 3.63) is 236 Å². The van der Waals surface area contributed by atoms with E-state index < -0.39 is 0 Å². The number of nitrogens with zero attached hydrogens (tertiary/aromatic N) is 2. The number of hydrogen-bond acceptors (Lipinski definition) is 2. The SMILES string of the molecule is c1ccc(-c2ccc(N(Cc3ccccc3-c3ccccc3)c3ccc(-c4ccc5c(c4)c4ccccc4n5-c4ccccc4)c4c3oc3ccc5ccccc5c34)cc2)cc1. The van der Waals surface area contributed by atoms with Crippen molar-refractivity contribution in [3.63, 3.8) is 0 Å². The quantitative estimate of drug-likeness (QED) is 0.153. The van der Waals surface area contributed by atoms with Crippen LogP contribution in [0.2, 0.25) is 0 Å². The van der Waals surface area contributed by atoms with Crippen molar-refractivity contribution < 1.29 is 4.42 Å². The Labute approximate surface area is 360 Å². The Bertz CT molecular complexity index is 3590. The van der Waals surface area contributed by atoms with Crippen LogP contribution in [0, 0.1) is 0 Å². The number of anilines is 2. The second-order valence-corrected chi connectivity index (χ2v) is 16.0. The second-order valence-electron chi connectivity index (χ2n) is 16.0. The van der Waals surface area contributed by atoms with Gasteiger partial charge in [-0.1, -0.05) is 176 Å². The van der Waals surface area contributed by atoms with Crippen LogP contribution in [0.1, 0.15) is 5.56 Å². The maximum absolute atomic E-state index is 7.18. The van der Waals surface area contributed by atoms with E-state index in [1.807, 2.05) is 0 Å². The van der Waals surface area contributed by atoms with Gasteiger partial charge in [-0.05, 0) is 104 Å². The highest BCUT2D eigenvalue weighted by molar-refractivity contribution is 6.25. The van der Waals surface area contributed by atoms with Crippen LogP contribution in [0.3, 0.4) is 0 Å². The number of benzene rings is 10. The monoisotopic (exact) mass is 792 g/mol. The molecule has 0 saturated carbocycles. The summed E-state index contributed by atoms with van der Waals surface area (Å²) >= 11 is 0. The summed E-state index contributed by atoms with van der Waals surface area (Å²) in [5, 5.41) is 7.05. The normalized spacial score (nSPS) is 11.6. The zero-order valence-corrected chi connectivity index (χ0v) is 33.9. The molecule has 0 spiro atoms. The zero-order chi connectivity index (χ0) is 41.0. The summed E-state index contributed by atoms with van der Waals surface area (Å²) in [6, 6.07) is 83.0. The second kappa shape index (κ2) is 14.8. The van der Waals surface area contributed by atoms with E-state index in [1.54, 1.807) is 0 Å². The summed E-state index contributed by atoms with van der Waals surface area (Å²) in [6.45, 7) is 0.632. The molecule has 0 atom stereocenters. The first-order chi connectivity index (χ1) is 30.8. The standard InChI is InChI=1S/C59H40N2O/c1-4-16-40(17-5-1)41-28-32-46(33-29-41)60(39-45-21-11-12-24-48(45)42-18-6-2-7-19-42)55-36-34-50(58-57-49-25-13-10-20-43(49)31-37-56(57)62-59(55)58)44-30-35-54-52(38-44)51-26-14-15-27-53(51)61(54)47-22-8-3-9-23-47/h1-38H,39H2. The fourth-order valence-corrected chi connectivity index (χ4v) is 9.58. The van der Waals surface area contributed by atoms with E-state index in [9.17, 15) is 0 Å². The summed E-state index contributed by atoms with van der Waals surface area (Å²) < 4.78 is 9.55. The van der Waals surface area contributed by atoms with Crippen LogP contribution < -0.4 is 4.90 Å². The van der Waals surface area contributed by atoms with Gasteiger partial charge in [0, 0.05) is 39.5 Å². The Morgan fingerprint density at radius 3 is 1.84 bits per heavy atom. The Hall–Kier alpha value is -8.14. The van der Waals surface area contributed by atoms with E-state index in [-0.39, 0.29) is 0 Å². The number of aromatic nitrogens is 1. The topological polar surface area (TPSA) is 21.3 Å². The molecule has 0 amide bonds. The molecule has 12 rings (SSSR count). The van der Waals surface area contributed by atoms with Gasteiger partial charge in [0.05, 0.1) is 16.7 Å². The lowest BCUT2D eigenvalue weighted by Crippen LogP contribution is -2.17. The molecule has 2 aromatic heterocycles. The molecule has 3 heteroatoms. The molecule has 10 aromatic carbocycles. The predicted octanol–water partition coefficient (Wildman–Crippen LogP) is 16.2. The highest BCUT2D eigenvalue weighted by Crippen LogP contribution is 2.47. The molecule has 2 heterocycles. The van der Waals surface area contributed by atoms with E-state index in [2.05, 4.69) is 240 Å². The van der Waals surface area contributed by atoms with Gasteiger partial charge in [0.15, 0.2) is 5.58 Å². The van der Waals surface area contributed by atoms with Gasteiger partial charge in [-0.15, -0.1) is 0 Å². The summed E-state index contributed by atoms with van der Waals surface area (Å²) in [5.74, 6) is 0. The third kappa shape index (κ3) is 5.97. The fourth-order valence-electron chi connectivity index (χ4n) is 9.58. The van der Waals surface area contributed by atoms with Gasteiger partial charge in [0.25, 0.3) is 0 Å². The summed E-state index contributed by atoms with van der Waals surface area (Å²) in [7, 11) is 0. The van der Waals surface area contributed by atoms with Gasteiger partial charge in [-0.3, -0.25) is 0 Å². The minimum atomic E-state index is 0.632. The summed E-state index contributed by atoms with van der Waals surface area (Å²) in [6.07, 6.45) is 0. The first-order valence-electron chi connectivity index (χ1n) is 21.3. The van der Waals surface area contributed by atoms with Crippen molar-refractivity contribution in [2.45, 2.75) is 6.54 Å². The largest absolute Gasteiger partial charge is 0.454 e. The first-order valence-corrected chi connectivity index (χ1v) is 21.3. The lowest BCUT2D eigenvalue weighted by molar-refractivity contribution is 0.668. The fraction of sp³-hybridized carbons (Fsp3) is 0.0169. The molecule has 0 N–H and O–H groups in total. The van der Waals surface area contributed by atoms with Crippen molar-refractivity contribution in [1.82, 2.24) is 4.57 Å². The van der Waals surface area contributed by atoms with E-state index in [4.69, 9.17) is 4.42 Å². The Morgan fingerprint density at radius 2 is 1.03 bits per heavy atom. The number of fused-ring (bicyclic) bond motifs is 8. The van der Waals surface area contributed by atoms with Crippen molar-refractivity contribution in [2.24, 2.45) is 0 Å². The molecule has 0 unspecified atom stereocenters. The molecule has 0 aliphatic heterocycles. The molecule has 62 heavy (non-hydrogen) atoms. The van der Waals surface area contributed by atoms with Gasteiger partial charge in [0.1, 0.15) is 5.58 Å². The number of para-hydroxylation sites is 2. The van der Waals surface area contributed by atoms with Crippen LogP contribution in [-0.4, -0.2) is 4.57 Å². The molecule has 292 valence electrons. The molecular formula is C59H40N2O. The Morgan fingerprint density at radius 1 is 0.403 bits per heavy atom. The highest BCUT2D eigenvalue weighted by atomic mass is 16.3. The minimum absolute atomic E-state index is 0.632. The molecular weight excluding hydrogens is 753 g/mol. The van der Waals surface area contributed by atoms with E-state index in [0.717, 1.165) is 50.1 Å². The van der Waals surface area contributed by atoms with Crippen molar-refractivity contribution >= 4 is 65.9 Å². The van der Waals surface area contributed by atoms with Crippen LogP contribution >= 0.6 is 0 Å². The van der Waals surface area contributed by atoms with Gasteiger partial charge in [-0.25, -0.2) is 0 Å². The predicted molar refractivity (Wildman–Crippen MR) is 261 cm³/mol. The number of hydrogen-bond donors (Lipinski definition) is 0. The van der Waals surface area contributed by atoms with Gasteiger partial charge >= 0.3 is 0 Å². The zero-order valence-electron chi connectivity index (χ0n) is 33.9. The van der Waals surface area contributed by atoms with E-state index >= 15 is 0 Å². The molecule has 0 bridgehead atoms. The van der Waals surface area contributed by atoms with Crippen molar-refractivity contribution in [3.8, 4) is 39.1 Å². The summed E-state index contributed by atoms with van der Waals surface area (Å²) in [4.78, 5) is 2.43. The van der Waals surface area contributed by atoms with Crippen molar-refractivity contribution in [1.29, 1.82) is 0 Å². The molecule has 12 aromatic rings. The lowest BCUT2D eigenvalue weighted by Gasteiger charge is -2.27. The average Bonchev–Trinajstić information content (AvgIpc) is 3.91. The van der Waals surface area contributed by atoms with Crippen LogP contribution in [-0.2, 0) is 6.54 Å². The molecule has 0 radical (unpaired) electrons. The van der Waals surface area contributed by atoms with Crippen LogP contribution in [0.15, 0.2) is 235 Å². The van der Waals surface area contributed by atoms with Crippen molar-refractivity contribution in [2.75, 3.05) is 4.90 Å². The maximum atomic E-state index is 7.18. The molecule has 0 aliphatic rings. The summed E-state index contributed by atoms with van der Waals surface area (Å²) in [5.41, 5.74) is 15.7. The molecule has 0 aliphatic carbocycles. The van der Waals surface area contributed by atoms with Crippen LogP contribution in [0.25, 0.3) is 93.6 Å². The Balaban J connectivity index is 1.11. The third-order valence-corrected chi connectivity index (χ3v) is 12.5. The number of furan rings is 1. The van der Waals surface area contributed by atoms with Crippen LogP contribution in [0.4, 0.5) is 11.4 Å². The van der Waals surface area contributed by atoms with E-state index in [0.29, 0.717) is 6.54 Å². The highest BCUT2D eigenvalue weighted by Gasteiger charge is 2.24. The number of rotatable bonds is 8. The molecule has 3 nitrogen and oxygen atoms in total. The van der Waals surface area contributed by atoms with Crippen LogP contribution in [0.5, 0.6) is 0 Å². The molecule has 0 fully saturated rings. The first kappa shape index (κ1) is 35.8. The third-order valence-electron chi connectivity index (χ3n) is 12.5. The van der Waals surface area contributed by atoms with Gasteiger partial charge in [-0.2, -0.15) is 0 Å². The van der Waals surface area contributed by atoms with E-state index in [1.165, 1.54) is 60.4 Å².